The first kappa shape index (κ1) is 13.8. The topological polar surface area (TPSA) is 55.9 Å². The lowest BCUT2D eigenvalue weighted by molar-refractivity contribution is 0.340. The molecule has 3 aromatic heterocycles. The van der Waals surface area contributed by atoms with Gasteiger partial charge in [0.15, 0.2) is 22.5 Å². The van der Waals surface area contributed by atoms with Gasteiger partial charge in [-0.25, -0.2) is 9.97 Å². The minimum Gasteiger partial charge on any atom is -0.441 e. The van der Waals surface area contributed by atoms with E-state index in [0.29, 0.717) is 16.9 Å². The highest BCUT2D eigenvalue weighted by molar-refractivity contribution is 6.28. The summed E-state index contributed by atoms with van der Waals surface area (Å²) in [4.78, 5) is 9.19. The molecule has 4 heterocycles. The second-order valence-corrected chi connectivity index (χ2v) is 6.08. The largest absolute Gasteiger partial charge is 0.441 e. The standard InChI is InChI=1S/C16H17ClN4O/c17-14-6-5-13(22-14)16-20-12-4-2-8-19-15(12)21(16)10-11-3-1-7-18-9-11/h2,4-6,8,11,18H,1,3,7,9-10H2. The van der Waals surface area contributed by atoms with Crippen LogP contribution in [0.3, 0.4) is 0 Å². The Morgan fingerprint density at radius 3 is 3.09 bits per heavy atom. The molecule has 0 aliphatic carbocycles. The van der Waals surface area contributed by atoms with Crippen molar-refractivity contribution in [1.29, 1.82) is 0 Å². The van der Waals surface area contributed by atoms with Crippen molar-refractivity contribution >= 4 is 22.8 Å². The molecule has 22 heavy (non-hydrogen) atoms. The molecule has 1 aliphatic rings. The number of hydrogen-bond donors (Lipinski definition) is 1. The lowest BCUT2D eigenvalue weighted by atomic mass is 9.99. The zero-order valence-corrected chi connectivity index (χ0v) is 12.9. The normalized spacial score (nSPS) is 18.9. The summed E-state index contributed by atoms with van der Waals surface area (Å²) in [6.07, 6.45) is 4.24. The van der Waals surface area contributed by atoms with Crippen LogP contribution in [-0.4, -0.2) is 27.6 Å². The summed E-state index contributed by atoms with van der Waals surface area (Å²) < 4.78 is 7.72. The number of nitrogens with one attached hydrogen (secondary N) is 1. The van der Waals surface area contributed by atoms with Gasteiger partial charge < -0.3 is 14.3 Å². The number of furan rings is 1. The molecule has 1 N–H and O–H groups in total. The van der Waals surface area contributed by atoms with E-state index in [9.17, 15) is 0 Å². The van der Waals surface area contributed by atoms with Crippen molar-refractivity contribution < 1.29 is 4.42 Å². The molecule has 114 valence electrons. The Bertz CT molecular complexity index is 788. The second kappa shape index (κ2) is 5.74. The molecule has 6 heteroatoms. The maximum atomic E-state index is 5.92. The number of rotatable bonds is 3. The van der Waals surface area contributed by atoms with Crippen molar-refractivity contribution in [2.75, 3.05) is 13.1 Å². The summed E-state index contributed by atoms with van der Waals surface area (Å²) in [7, 11) is 0. The summed E-state index contributed by atoms with van der Waals surface area (Å²) >= 11 is 5.92. The summed E-state index contributed by atoms with van der Waals surface area (Å²) in [6.45, 7) is 3.03. The van der Waals surface area contributed by atoms with Crippen LogP contribution in [0.1, 0.15) is 12.8 Å². The third-order valence-electron chi connectivity index (χ3n) is 4.14. The van der Waals surface area contributed by atoms with Gasteiger partial charge in [0, 0.05) is 12.7 Å². The molecule has 1 fully saturated rings. The molecule has 0 saturated carbocycles. The molecule has 1 atom stereocenters. The van der Waals surface area contributed by atoms with E-state index in [1.807, 2.05) is 18.2 Å². The van der Waals surface area contributed by atoms with Crippen LogP contribution in [0.15, 0.2) is 34.9 Å². The minimum absolute atomic E-state index is 0.376. The summed E-state index contributed by atoms with van der Waals surface area (Å²) in [5.74, 6) is 2.07. The molecule has 0 amide bonds. The van der Waals surface area contributed by atoms with Crippen molar-refractivity contribution in [2.45, 2.75) is 19.4 Å². The maximum Gasteiger partial charge on any atom is 0.194 e. The molecule has 3 aromatic rings. The van der Waals surface area contributed by atoms with E-state index < -0.39 is 0 Å². The molecule has 0 spiro atoms. The van der Waals surface area contributed by atoms with Crippen LogP contribution in [0, 0.1) is 5.92 Å². The van der Waals surface area contributed by atoms with E-state index in [1.54, 1.807) is 12.3 Å². The van der Waals surface area contributed by atoms with Gasteiger partial charge in [-0.1, -0.05) is 0 Å². The minimum atomic E-state index is 0.376. The first-order valence-electron chi connectivity index (χ1n) is 7.59. The average molecular weight is 317 g/mol. The Morgan fingerprint density at radius 1 is 1.36 bits per heavy atom. The van der Waals surface area contributed by atoms with Gasteiger partial charge in [-0.15, -0.1) is 0 Å². The number of fused-ring (bicyclic) bond motifs is 1. The number of pyridine rings is 1. The third kappa shape index (κ3) is 2.51. The van der Waals surface area contributed by atoms with Gasteiger partial charge in [0.25, 0.3) is 0 Å². The Hall–Kier alpha value is -1.85. The Balaban J connectivity index is 1.79. The fraction of sp³-hybridized carbons (Fsp3) is 0.375. The van der Waals surface area contributed by atoms with Gasteiger partial charge in [-0.3, -0.25) is 0 Å². The van der Waals surface area contributed by atoms with Crippen LogP contribution < -0.4 is 5.32 Å². The lowest BCUT2D eigenvalue weighted by Crippen LogP contribution is -2.32. The number of nitrogens with zero attached hydrogens (tertiary/aromatic N) is 3. The van der Waals surface area contributed by atoms with Crippen molar-refractivity contribution in [3.05, 3.63) is 35.7 Å². The first-order chi connectivity index (χ1) is 10.8. The third-order valence-corrected chi connectivity index (χ3v) is 4.34. The molecule has 1 unspecified atom stereocenters. The summed E-state index contributed by atoms with van der Waals surface area (Å²) in [5.41, 5.74) is 1.78. The van der Waals surface area contributed by atoms with Gasteiger partial charge in [0.1, 0.15) is 5.52 Å². The van der Waals surface area contributed by atoms with Crippen LogP contribution in [-0.2, 0) is 6.54 Å². The monoisotopic (exact) mass is 316 g/mol. The molecule has 0 radical (unpaired) electrons. The molecule has 1 aliphatic heterocycles. The van der Waals surface area contributed by atoms with Gasteiger partial charge >= 0.3 is 0 Å². The molecule has 0 aromatic carbocycles. The Kier molecular flexibility index (Phi) is 3.60. The number of piperidine rings is 1. The Morgan fingerprint density at radius 2 is 2.32 bits per heavy atom. The summed E-state index contributed by atoms with van der Waals surface area (Å²) in [6, 6.07) is 7.49. The SMILES string of the molecule is Clc1ccc(-c2nc3cccnc3n2CC2CCCNC2)o1. The quantitative estimate of drug-likeness (QED) is 0.805. The van der Waals surface area contributed by atoms with Crippen LogP contribution in [0.5, 0.6) is 0 Å². The number of imidazole rings is 1. The van der Waals surface area contributed by atoms with Crippen molar-refractivity contribution in [3.8, 4) is 11.6 Å². The first-order valence-corrected chi connectivity index (χ1v) is 7.97. The van der Waals surface area contributed by atoms with E-state index >= 15 is 0 Å². The van der Waals surface area contributed by atoms with Crippen LogP contribution in [0.25, 0.3) is 22.7 Å². The van der Waals surface area contributed by atoms with Gasteiger partial charge in [-0.05, 0) is 67.7 Å². The van der Waals surface area contributed by atoms with E-state index in [2.05, 4.69) is 19.9 Å². The van der Waals surface area contributed by atoms with E-state index in [-0.39, 0.29) is 0 Å². The van der Waals surface area contributed by atoms with Crippen LogP contribution in [0.2, 0.25) is 5.22 Å². The predicted octanol–water partition coefficient (Wildman–Crippen LogP) is 3.34. The number of halogens is 1. The second-order valence-electron chi connectivity index (χ2n) is 5.71. The smallest absolute Gasteiger partial charge is 0.194 e. The fourth-order valence-corrected chi connectivity index (χ4v) is 3.24. The van der Waals surface area contributed by atoms with Crippen molar-refractivity contribution in [2.24, 2.45) is 5.92 Å². The molecular weight excluding hydrogens is 300 g/mol. The molecule has 1 saturated heterocycles. The summed E-state index contributed by atoms with van der Waals surface area (Å²) in [5, 5.41) is 3.84. The van der Waals surface area contributed by atoms with E-state index in [4.69, 9.17) is 16.0 Å². The zero-order chi connectivity index (χ0) is 14.9. The molecule has 5 nitrogen and oxygen atoms in total. The maximum absolute atomic E-state index is 5.92. The van der Waals surface area contributed by atoms with Crippen molar-refractivity contribution in [3.63, 3.8) is 0 Å². The van der Waals surface area contributed by atoms with Gasteiger partial charge in [0.05, 0.1) is 0 Å². The van der Waals surface area contributed by atoms with E-state index in [0.717, 1.165) is 36.6 Å². The molecular formula is C16H17ClN4O. The highest BCUT2D eigenvalue weighted by atomic mass is 35.5. The highest BCUT2D eigenvalue weighted by Crippen LogP contribution is 2.28. The zero-order valence-electron chi connectivity index (χ0n) is 12.1. The van der Waals surface area contributed by atoms with Crippen LogP contribution >= 0.6 is 11.6 Å². The highest BCUT2D eigenvalue weighted by Gasteiger charge is 2.20. The van der Waals surface area contributed by atoms with Gasteiger partial charge in [-0.2, -0.15) is 0 Å². The van der Waals surface area contributed by atoms with E-state index in [1.165, 1.54) is 12.8 Å². The molecule has 0 bridgehead atoms. The van der Waals surface area contributed by atoms with Gasteiger partial charge in [0.2, 0.25) is 0 Å². The molecule has 4 rings (SSSR count). The number of aromatic nitrogens is 3. The average Bonchev–Trinajstić information content (AvgIpc) is 3.13. The van der Waals surface area contributed by atoms with Crippen molar-refractivity contribution in [1.82, 2.24) is 19.9 Å². The lowest BCUT2D eigenvalue weighted by Gasteiger charge is -2.23. The Labute approximate surface area is 133 Å². The fourth-order valence-electron chi connectivity index (χ4n) is 3.09. The van der Waals surface area contributed by atoms with Crippen LogP contribution in [0.4, 0.5) is 0 Å². The predicted molar refractivity (Wildman–Crippen MR) is 85.8 cm³/mol. The number of hydrogen-bond acceptors (Lipinski definition) is 4.